The highest BCUT2D eigenvalue weighted by molar-refractivity contribution is 6.03. The van der Waals surface area contributed by atoms with Crippen molar-refractivity contribution >= 4 is 28.9 Å². The number of nitrogens with zero attached hydrogens (tertiary/aromatic N) is 2. The van der Waals surface area contributed by atoms with Crippen LogP contribution in [-0.4, -0.2) is 31.4 Å². The predicted molar refractivity (Wildman–Crippen MR) is 117 cm³/mol. The molecule has 2 aromatic carbocycles. The van der Waals surface area contributed by atoms with E-state index in [0.29, 0.717) is 6.54 Å². The number of nitrogens with one attached hydrogen (secondary N) is 1. The Morgan fingerprint density at radius 1 is 1.03 bits per heavy atom. The van der Waals surface area contributed by atoms with Gasteiger partial charge in [-0.1, -0.05) is 25.1 Å². The van der Waals surface area contributed by atoms with Crippen molar-refractivity contribution in [3.63, 3.8) is 0 Å². The van der Waals surface area contributed by atoms with Crippen molar-refractivity contribution in [2.45, 2.75) is 33.1 Å². The fourth-order valence-corrected chi connectivity index (χ4v) is 4.25. The highest BCUT2D eigenvalue weighted by Crippen LogP contribution is 2.29. The number of carbonyl (C=O) groups excluding carboxylic acids is 2. The number of aryl methyl sites for hydroxylation is 1. The van der Waals surface area contributed by atoms with Gasteiger partial charge in [0.15, 0.2) is 0 Å². The lowest BCUT2D eigenvalue weighted by atomic mass is 9.99. The summed E-state index contributed by atoms with van der Waals surface area (Å²) in [6.45, 7) is 6.90. The van der Waals surface area contributed by atoms with Crippen molar-refractivity contribution in [3.05, 3.63) is 54.1 Å². The highest BCUT2D eigenvalue weighted by atomic mass is 16.2. The first-order chi connectivity index (χ1) is 14.0. The van der Waals surface area contributed by atoms with Gasteiger partial charge in [-0.2, -0.15) is 0 Å². The number of hydrogen-bond acceptors (Lipinski definition) is 3. The van der Waals surface area contributed by atoms with Gasteiger partial charge in [0.2, 0.25) is 11.8 Å². The van der Waals surface area contributed by atoms with Gasteiger partial charge in [-0.15, -0.1) is 0 Å². The molecule has 2 aromatic rings. The van der Waals surface area contributed by atoms with E-state index < -0.39 is 0 Å². The molecule has 29 heavy (non-hydrogen) atoms. The maximum atomic E-state index is 12.7. The SMILES string of the molecule is Cc1ccccc1N1CC(C(=O)Nc2ccc(N3CCC(C)CC3)cc2)CC1=O. The molecule has 0 spiro atoms. The van der Waals surface area contributed by atoms with Crippen LogP contribution in [0, 0.1) is 18.8 Å². The molecule has 0 saturated carbocycles. The number of hydrogen-bond donors (Lipinski definition) is 1. The van der Waals surface area contributed by atoms with E-state index in [1.54, 1.807) is 4.90 Å². The number of rotatable bonds is 4. The van der Waals surface area contributed by atoms with E-state index in [1.807, 2.05) is 43.3 Å². The van der Waals surface area contributed by atoms with Crippen LogP contribution < -0.4 is 15.1 Å². The summed E-state index contributed by atoms with van der Waals surface area (Å²) in [6.07, 6.45) is 2.71. The lowest BCUT2D eigenvalue weighted by molar-refractivity contribution is -0.122. The van der Waals surface area contributed by atoms with Gasteiger partial charge in [-0.3, -0.25) is 9.59 Å². The molecule has 4 rings (SSSR count). The first-order valence-electron chi connectivity index (χ1n) is 10.5. The third kappa shape index (κ3) is 4.29. The molecule has 2 aliphatic rings. The number of anilines is 3. The van der Waals surface area contributed by atoms with Crippen LogP contribution in [0.5, 0.6) is 0 Å². The summed E-state index contributed by atoms with van der Waals surface area (Å²) in [5, 5.41) is 2.99. The van der Waals surface area contributed by atoms with Crippen LogP contribution in [0.15, 0.2) is 48.5 Å². The Labute approximate surface area is 172 Å². The minimum atomic E-state index is -0.328. The second kappa shape index (κ2) is 8.27. The lowest BCUT2D eigenvalue weighted by Gasteiger charge is -2.32. The first-order valence-corrected chi connectivity index (χ1v) is 10.5. The van der Waals surface area contributed by atoms with Crippen molar-refractivity contribution in [2.24, 2.45) is 11.8 Å². The van der Waals surface area contributed by atoms with Crippen molar-refractivity contribution in [1.82, 2.24) is 0 Å². The molecule has 5 nitrogen and oxygen atoms in total. The summed E-state index contributed by atoms with van der Waals surface area (Å²) in [6, 6.07) is 15.9. The van der Waals surface area contributed by atoms with Gasteiger partial charge in [-0.05, 0) is 61.6 Å². The Balaban J connectivity index is 1.37. The average molecular weight is 392 g/mol. The number of amides is 2. The Morgan fingerprint density at radius 2 is 1.72 bits per heavy atom. The number of para-hydroxylation sites is 1. The van der Waals surface area contributed by atoms with E-state index in [-0.39, 0.29) is 24.2 Å². The number of piperidine rings is 1. The second-order valence-corrected chi connectivity index (χ2v) is 8.40. The molecule has 0 bridgehead atoms. The minimum absolute atomic E-state index is 0.00845. The molecule has 2 amide bonds. The van der Waals surface area contributed by atoms with E-state index in [4.69, 9.17) is 0 Å². The Morgan fingerprint density at radius 3 is 2.41 bits per heavy atom. The maximum Gasteiger partial charge on any atom is 0.229 e. The Hall–Kier alpha value is -2.82. The molecule has 0 aromatic heterocycles. The van der Waals surface area contributed by atoms with Gasteiger partial charge in [0.25, 0.3) is 0 Å². The van der Waals surface area contributed by atoms with Gasteiger partial charge in [0.1, 0.15) is 0 Å². The van der Waals surface area contributed by atoms with E-state index in [9.17, 15) is 9.59 Å². The number of benzene rings is 2. The van der Waals surface area contributed by atoms with Gasteiger partial charge >= 0.3 is 0 Å². The minimum Gasteiger partial charge on any atom is -0.372 e. The third-order valence-electron chi connectivity index (χ3n) is 6.19. The molecule has 152 valence electrons. The molecule has 2 fully saturated rings. The zero-order chi connectivity index (χ0) is 20.4. The predicted octanol–water partition coefficient (Wildman–Crippen LogP) is 4.22. The second-order valence-electron chi connectivity index (χ2n) is 8.40. The van der Waals surface area contributed by atoms with Crippen LogP contribution in [0.3, 0.4) is 0 Å². The van der Waals surface area contributed by atoms with Crippen molar-refractivity contribution in [2.75, 3.05) is 34.8 Å². The third-order valence-corrected chi connectivity index (χ3v) is 6.19. The topological polar surface area (TPSA) is 52.7 Å². The Bertz CT molecular complexity index is 885. The number of carbonyl (C=O) groups is 2. The van der Waals surface area contributed by atoms with Crippen molar-refractivity contribution < 1.29 is 9.59 Å². The van der Waals surface area contributed by atoms with Crippen molar-refractivity contribution in [1.29, 1.82) is 0 Å². The summed E-state index contributed by atoms with van der Waals surface area (Å²) >= 11 is 0. The summed E-state index contributed by atoms with van der Waals surface area (Å²) in [7, 11) is 0. The van der Waals surface area contributed by atoms with Crippen LogP contribution in [0.2, 0.25) is 0 Å². The van der Waals surface area contributed by atoms with Crippen LogP contribution in [0.4, 0.5) is 17.1 Å². The molecule has 2 aliphatic heterocycles. The van der Waals surface area contributed by atoms with Crippen LogP contribution in [0.1, 0.15) is 31.7 Å². The fraction of sp³-hybridized carbons (Fsp3) is 0.417. The normalized spacial score (nSPS) is 20.2. The summed E-state index contributed by atoms with van der Waals surface area (Å²) in [4.78, 5) is 29.4. The molecule has 1 unspecified atom stereocenters. The lowest BCUT2D eigenvalue weighted by Crippen LogP contribution is -2.32. The largest absolute Gasteiger partial charge is 0.372 e. The van der Waals surface area contributed by atoms with Gasteiger partial charge in [-0.25, -0.2) is 0 Å². The molecule has 2 heterocycles. The fourth-order valence-electron chi connectivity index (χ4n) is 4.25. The van der Waals surface area contributed by atoms with Crippen LogP contribution in [0.25, 0.3) is 0 Å². The van der Waals surface area contributed by atoms with Gasteiger partial charge in [0.05, 0.1) is 5.92 Å². The molecular formula is C24H29N3O2. The van der Waals surface area contributed by atoms with E-state index >= 15 is 0 Å². The highest BCUT2D eigenvalue weighted by Gasteiger charge is 2.35. The monoisotopic (exact) mass is 391 g/mol. The summed E-state index contributed by atoms with van der Waals surface area (Å²) in [5.74, 6) is 0.395. The van der Waals surface area contributed by atoms with Crippen LogP contribution >= 0.6 is 0 Å². The molecule has 0 radical (unpaired) electrons. The molecule has 0 aliphatic carbocycles. The zero-order valence-corrected chi connectivity index (χ0v) is 17.2. The van der Waals surface area contributed by atoms with E-state index in [2.05, 4.69) is 29.3 Å². The first kappa shape index (κ1) is 19.5. The maximum absolute atomic E-state index is 12.7. The molecular weight excluding hydrogens is 362 g/mol. The van der Waals surface area contributed by atoms with E-state index in [0.717, 1.165) is 35.9 Å². The van der Waals surface area contributed by atoms with Crippen molar-refractivity contribution in [3.8, 4) is 0 Å². The summed E-state index contributed by atoms with van der Waals surface area (Å²) in [5.41, 5.74) is 3.93. The molecule has 2 saturated heterocycles. The van der Waals surface area contributed by atoms with Gasteiger partial charge in [0, 0.05) is 43.1 Å². The zero-order valence-electron chi connectivity index (χ0n) is 17.2. The van der Waals surface area contributed by atoms with E-state index in [1.165, 1.54) is 18.5 Å². The average Bonchev–Trinajstić information content (AvgIpc) is 3.11. The molecule has 5 heteroatoms. The summed E-state index contributed by atoms with van der Waals surface area (Å²) < 4.78 is 0. The standard InChI is InChI=1S/C24H29N3O2/c1-17-11-13-26(14-12-17)21-9-7-20(8-10-21)25-24(29)19-15-23(28)27(16-19)22-6-4-3-5-18(22)2/h3-10,17,19H,11-16H2,1-2H3,(H,25,29). The van der Waals surface area contributed by atoms with Gasteiger partial charge < -0.3 is 15.1 Å². The quantitative estimate of drug-likeness (QED) is 0.849. The van der Waals surface area contributed by atoms with Crippen LogP contribution in [-0.2, 0) is 9.59 Å². The molecule has 1 N–H and O–H groups in total. The molecule has 1 atom stereocenters. The Kier molecular flexibility index (Phi) is 5.56. The smallest absolute Gasteiger partial charge is 0.229 e.